The normalized spacial score (nSPS) is 11.2. The summed E-state index contributed by atoms with van der Waals surface area (Å²) in [4.78, 5) is 10.8. The van der Waals surface area contributed by atoms with E-state index in [1.54, 1.807) is 24.3 Å². The molecule has 0 atom stereocenters. The van der Waals surface area contributed by atoms with Gasteiger partial charge >= 0.3 is 0 Å². The first kappa shape index (κ1) is 12.5. The van der Waals surface area contributed by atoms with E-state index in [0.717, 1.165) is 5.69 Å². The fourth-order valence-corrected chi connectivity index (χ4v) is 1.15. The van der Waals surface area contributed by atoms with Crippen LogP contribution in [0.15, 0.2) is 24.3 Å². The molecule has 0 aliphatic rings. The van der Waals surface area contributed by atoms with Crippen LogP contribution in [0.2, 0.25) is 0 Å². The van der Waals surface area contributed by atoms with Crippen molar-refractivity contribution < 1.29 is 9.90 Å². The lowest BCUT2D eigenvalue weighted by atomic mass is 9.95. The second-order valence-corrected chi connectivity index (χ2v) is 4.62. The Labute approximate surface area is 95.5 Å². The highest BCUT2D eigenvalue weighted by molar-refractivity contribution is 5.93. The molecular formula is C12H18N2O2. The van der Waals surface area contributed by atoms with Crippen LogP contribution in [-0.4, -0.2) is 24.2 Å². The predicted octanol–water partition coefficient (Wildman–Crippen LogP) is 1.22. The Hall–Kier alpha value is -1.55. The molecule has 0 unspecified atom stereocenters. The van der Waals surface area contributed by atoms with Gasteiger partial charge in [0.2, 0.25) is 5.91 Å². The number of hydrogen-bond acceptors (Lipinski definition) is 3. The van der Waals surface area contributed by atoms with Gasteiger partial charge in [-0.1, -0.05) is 13.8 Å². The highest BCUT2D eigenvalue weighted by Crippen LogP contribution is 2.16. The summed E-state index contributed by atoms with van der Waals surface area (Å²) in [6.07, 6.45) is 0. The van der Waals surface area contributed by atoms with Crippen molar-refractivity contribution >= 4 is 11.6 Å². The second-order valence-electron chi connectivity index (χ2n) is 4.62. The van der Waals surface area contributed by atoms with Crippen LogP contribution in [-0.2, 0) is 0 Å². The molecule has 0 bridgehead atoms. The van der Waals surface area contributed by atoms with Crippen molar-refractivity contribution in [2.45, 2.75) is 13.8 Å². The molecule has 0 heterocycles. The Morgan fingerprint density at radius 1 is 1.38 bits per heavy atom. The molecule has 0 saturated carbocycles. The Kier molecular flexibility index (Phi) is 3.90. The van der Waals surface area contributed by atoms with E-state index in [4.69, 9.17) is 10.8 Å². The molecule has 0 spiro atoms. The number of anilines is 1. The summed E-state index contributed by atoms with van der Waals surface area (Å²) in [5, 5.41) is 12.3. The molecule has 1 rings (SSSR count). The van der Waals surface area contributed by atoms with Crippen LogP contribution >= 0.6 is 0 Å². The maximum atomic E-state index is 10.8. The number of nitrogens with two attached hydrogens (primary N) is 1. The number of primary amides is 1. The third kappa shape index (κ3) is 3.55. The Balaban J connectivity index is 2.59. The molecule has 4 N–H and O–H groups in total. The van der Waals surface area contributed by atoms with Crippen LogP contribution in [0, 0.1) is 5.41 Å². The number of hydrogen-bond donors (Lipinski definition) is 3. The molecule has 0 radical (unpaired) electrons. The van der Waals surface area contributed by atoms with Crippen LogP contribution < -0.4 is 11.1 Å². The minimum Gasteiger partial charge on any atom is -0.396 e. The van der Waals surface area contributed by atoms with Crippen LogP contribution in [0.1, 0.15) is 24.2 Å². The third-order valence-corrected chi connectivity index (χ3v) is 2.37. The number of nitrogens with one attached hydrogen (secondary N) is 1. The van der Waals surface area contributed by atoms with Gasteiger partial charge < -0.3 is 16.2 Å². The van der Waals surface area contributed by atoms with Crippen molar-refractivity contribution in [3.8, 4) is 0 Å². The van der Waals surface area contributed by atoms with Gasteiger partial charge in [0.25, 0.3) is 0 Å². The predicted molar refractivity (Wildman–Crippen MR) is 64.3 cm³/mol. The molecule has 16 heavy (non-hydrogen) atoms. The number of aliphatic hydroxyl groups is 1. The average molecular weight is 222 g/mol. The SMILES string of the molecule is CC(C)(CO)CNc1ccc(C(N)=O)cc1. The van der Waals surface area contributed by atoms with E-state index in [-0.39, 0.29) is 12.0 Å². The van der Waals surface area contributed by atoms with E-state index >= 15 is 0 Å². The maximum Gasteiger partial charge on any atom is 0.248 e. The lowest BCUT2D eigenvalue weighted by Gasteiger charge is -2.22. The molecular weight excluding hydrogens is 204 g/mol. The fraction of sp³-hybridized carbons (Fsp3) is 0.417. The van der Waals surface area contributed by atoms with Gasteiger partial charge in [-0.25, -0.2) is 0 Å². The van der Waals surface area contributed by atoms with Crippen LogP contribution in [0.25, 0.3) is 0 Å². The number of rotatable bonds is 5. The Morgan fingerprint density at radius 2 is 1.94 bits per heavy atom. The molecule has 4 heteroatoms. The second kappa shape index (κ2) is 4.99. The fourth-order valence-electron chi connectivity index (χ4n) is 1.15. The molecule has 0 saturated heterocycles. The summed E-state index contributed by atoms with van der Waals surface area (Å²) in [5.41, 5.74) is 6.37. The number of aliphatic hydroxyl groups excluding tert-OH is 1. The number of carbonyl (C=O) groups excluding carboxylic acids is 1. The Bertz CT molecular complexity index is 358. The van der Waals surface area contributed by atoms with E-state index in [2.05, 4.69) is 5.32 Å². The summed E-state index contributed by atoms with van der Waals surface area (Å²) >= 11 is 0. The van der Waals surface area contributed by atoms with Crippen LogP contribution in [0.5, 0.6) is 0 Å². The van der Waals surface area contributed by atoms with Gasteiger partial charge in [-0.05, 0) is 24.3 Å². The zero-order chi connectivity index (χ0) is 12.2. The number of carbonyl (C=O) groups is 1. The minimum absolute atomic E-state index is 0.124. The van der Waals surface area contributed by atoms with Gasteiger partial charge in [-0.2, -0.15) is 0 Å². The lowest BCUT2D eigenvalue weighted by Crippen LogP contribution is -2.26. The van der Waals surface area contributed by atoms with E-state index in [9.17, 15) is 4.79 Å². The molecule has 1 aromatic carbocycles. The average Bonchev–Trinajstić information content (AvgIpc) is 2.27. The summed E-state index contributed by atoms with van der Waals surface area (Å²) in [6, 6.07) is 6.95. The van der Waals surface area contributed by atoms with Gasteiger partial charge in [-0.15, -0.1) is 0 Å². The topological polar surface area (TPSA) is 75.3 Å². The van der Waals surface area contributed by atoms with Crippen molar-refractivity contribution in [3.63, 3.8) is 0 Å². The summed E-state index contributed by atoms with van der Waals surface area (Å²) in [6.45, 7) is 4.73. The molecule has 0 aliphatic heterocycles. The lowest BCUT2D eigenvalue weighted by molar-refractivity contribution is 0.100. The van der Waals surface area contributed by atoms with E-state index in [1.807, 2.05) is 13.8 Å². The zero-order valence-electron chi connectivity index (χ0n) is 9.66. The molecule has 4 nitrogen and oxygen atoms in total. The molecule has 88 valence electrons. The summed E-state index contributed by atoms with van der Waals surface area (Å²) < 4.78 is 0. The first-order chi connectivity index (χ1) is 7.44. The van der Waals surface area contributed by atoms with Crippen molar-refractivity contribution in [1.82, 2.24) is 0 Å². The van der Waals surface area contributed by atoms with E-state index in [1.165, 1.54) is 0 Å². The molecule has 0 fully saturated rings. The van der Waals surface area contributed by atoms with Gasteiger partial charge in [0, 0.05) is 29.8 Å². The van der Waals surface area contributed by atoms with Crippen molar-refractivity contribution in [2.75, 3.05) is 18.5 Å². The van der Waals surface area contributed by atoms with Gasteiger partial charge in [0.1, 0.15) is 0 Å². The first-order valence-electron chi connectivity index (χ1n) is 5.19. The monoisotopic (exact) mass is 222 g/mol. The molecule has 0 aliphatic carbocycles. The standard InChI is InChI=1S/C12H18N2O2/c1-12(2,8-15)7-14-10-5-3-9(4-6-10)11(13)16/h3-6,14-15H,7-8H2,1-2H3,(H2,13,16). The van der Waals surface area contributed by atoms with Crippen molar-refractivity contribution in [2.24, 2.45) is 11.1 Å². The van der Waals surface area contributed by atoms with Crippen LogP contribution in [0.4, 0.5) is 5.69 Å². The highest BCUT2D eigenvalue weighted by Gasteiger charge is 2.15. The maximum absolute atomic E-state index is 10.8. The third-order valence-electron chi connectivity index (χ3n) is 2.37. The summed E-state index contributed by atoms with van der Waals surface area (Å²) in [7, 11) is 0. The molecule has 1 amide bonds. The molecule has 1 aromatic rings. The minimum atomic E-state index is -0.428. The largest absolute Gasteiger partial charge is 0.396 e. The van der Waals surface area contributed by atoms with Crippen molar-refractivity contribution in [3.05, 3.63) is 29.8 Å². The van der Waals surface area contributed by atoms with Crippen LogP contribution in [0.3, 0.4) is 0 Å². The Morgan fingerprint density at radius 3 is 2.38 bits per heavy atom. The number of amides is 1. The smallest absolute Gasteiger partial charge is 0.248 e. The number of benzene rings is 1. The van der Waals surface area contributed by atoms with Crippen molar-refractivity contribution in [1.29, 1.82) is 0 Å². The highest BCUT2D eigenvalue weighted by atomic mass is 16.3. The quantitative estimate of drug-likeness (QED) is 0.701. The van der Waals surface area contributed by atoms with Gasteiger partial charge in [-0.3, -0.25) is 4.79 Å². The van der Waals surface area contributed by atoms with E-state index < -0.39 is 5.91 Å². The van der Waals surface area contributed by atoms with Gasteiger partial charge in [0.15, 0.2) is 0 Å². The summed E-state index contributed by atoms with van der Waals surface area (Å²) in [5.74, 6) is -0.428. The first-order valence-corrected chi connectivity index (χ1v) is 5.19. The molecule has 0 aromatic heterocycles. The zero-order valence-corrected chi connectivity index (χ0v) is 9.66. The van der Waals surface area contributed by atoms with Gasteiger partial charge in [0.05, 0.1) is 0 Å². The van der Waals surface area contributed by atoms with E-state index in [0.29, 0.717) is 12.1 Å².